The Morgan fingerprint density at radius 1 is 1.11 bits per heavy atom. The van der Waals surface area contributed by atoms with E-state index < -0.39 is 0 Å². The van der Waals surface area contributed by atoms with Crippen molar-refractivity contribution in [2.45, 2.75) is 46.6 Å². The molecule has 0 amide bonds. The molecule has 0 aliphatic heterocycles. The summed E-state index contributed by atoms with van der Waals surface area (Å²) in [6.45, 7) is 10.4. The molecule has 0 heterocycles. The molecule has 0 N–H and O–H groups in total. The summed E-state index contributed by atoms with van der Waals surface area (Å²) in [6.07, 6.45) is 3.51. The summed E-state index contributed by atoms with van der Waals surface area (Å²) in [7, 11) is 0. The summed E-state index contributed by atoms with van der Waals surface area (Å²) in [6, 6.07) is 6.13. The van der Waals surface area contributed by atoms with Crippen molar-refractivity contribution in [1.29, 1.82) is 0 Å². The van der Waals surface area contributed by atoms with Gasteiger partial charge in [-0.2, -0.15) is 0 Å². The molecule has 0 spiro atoms. The van der Waals surface area contributed by atoms with E-state index >= 15 is 0 Å². The fraction of sp³-hybridized carbons (Fsp3) is 0.625. The first-order valence-electron chi connectivity index (χ1n) is 7.34. The smallest absolute Gasteiger partial charge is 0.137 e. The Morgan fingerprint density at radius 3 is 2.42 bits per heavy atom. The van der Waals surface area contributed by atoms with Gasteiger partial charge < -0.3 is 4.74 Å². The Kier molecular flexibility index (Phi) is 7.92. The van der Waals surface area contributed by atoms with Gasteiger partial charge in [-0.1, -0.05) is 51.3 Å². The van der Waals surface area contributed by atoms with Crippen LogP contribution in [-0.4, -0.2) is 24.6 Å². The van der Waals surface area contributed by atoms with Gasteiger partial charge in [-0.05, 0) is 37.2 Å². The predicted molar refractivity (Wildman–Crippen MR) is 83.1 cm³/mol. The Morgan fingerprint density at radius 2 is 1.84 bits per heavy atom. The highest BCUT2D eigenvalue weighted by Gasteiger charge is 2.06. The van der Waals surface area contributed by atoms with Crippen molar-refractivity contribution in [3.63, 3.8) is 0 Å². The van der Waals surface area contributed by atoms with Crippen molar-refractivity contribution < 1.29 is 4.74 Å². The second-order valence-corrected chi connectivity index (χ2v) is 5.19. The van der Waals surface area contributed by atoms with Crippen LogP contribution in [0.15, 0.2) is 18.2 Å². The first-order chi connectivity index (χ1) is 9.21. The Labute approximate surface area is 122 Å². The zero-order valence-electron chi connectivity index (χ0n) is 12.4. The molecule has 0 bridgehead atoms. The fourth-order valence-corrected chi connectivity index (χ4v) is 2.26. The van der Waals surface area contributed by atoms with Gasteiger partial charge in [0, 0.05) is 6.54 Å². The molecule has 1 rings (SSSR count). The lowest BCUT2D eigenvalue weighted by molar-refractivity contribution is 0.294. The van der Waals surface area contributed by atoms with Crippen molar-refractivity contribution in [1.82, 2.24) is 4.90 Å². The van der Waals surface area contributed by atoms with Crippen LogP contribution in [0.3, 0.4) is 0 Å². The van der Waals surface area contributed by atoms with Gasteiger partial charge in [0.2, 0.25) is 0 Å². The van der Waals surface area contributed by atoms with Gasteiger partial charge in [-0.25, -0.2) is 0 Å². The van der Waals surface area contributed by atoms with Crippen molar-refractivity contribution in [2.24, 2.45) is 0 Å². The van der Waals surface area contributed by atoms with Gasteiger partial charge >= 0.3 is 0 Å². The number of nitrogens with zero attached hydrogens (tertiary/aromatic N) is 1. The monoisotopic (exact) mass is 283 g/mol. The van der Waals surface area contributed by atoms with Crippen LogP contribution in [0, 0.1) is 0 Å². The van der Waals surface area contributed by atoms with Crippen molar-refractivity contribution in [2.75, 3.05) is 19.7 Å². The van der Waals surface area contributed by atoms with Crippen LogP contribution >= 0.6 is 11.6 Å². The second kappa shape index (κ2) is 9.22. The van der Waals surface area contributed by atoms with Crippen LogP contribution in [0.4, 0.5) is 0 Å². The normalized spacial score (nSPS) is 11.0. The number of benzene rings is 1. The SMILES string of the molecule is CCCCCOc1ccc(CN(CC)CC)cc1Cl. The molecule has 0 aliphatic carbocycles. The molecule has 0 atom stereocenters. The van der Waals surface area contributed by atoms with Crippen molar-refractivity contribution in [3.05, 3.63) is 28.8 Å². The first-order valence-corrected chi connectivity index (χ1v) is 7.72. The Bertz CT molecular complexity index is 364. The molecule has 19 heavy (non-hydrogen) atoms. The molecular formula is C16H26ClNO. The second-order valence-electron chi connectivity index (χ2n) is 4.78. The third-order valence-electron chi connectivity index (χ3n) is 3.30. The van der Waals surface area contributed by atoms with Gasteiger partial charge in [-0.15, -0.1) is 0 Å². The maximum absolute atomic E-state index is 6.27. The number of hydrogen-bond donors (Lipinski definition) is 0. The van der Waals surface area contributed by atoms with E-state index in [1.165, 1.54) is 18.4 Å². The molecule has 0 radical (unpaired) electrons. The predicted octanol–water partition coefficient (Wildman–Crippen LogP) is 4.75. The molecule has 108 valence electrons. The Hall–Kier alpha value is -0.730. The lowest BCUT2D eigenvalue weighted by atomic mass is 10.2. The van der Waals surface area contributed by atoms with Crippen LogP contribution in [0.5, 0.6) is 5.75 Å². The van der Waals surface area contributed by atoms with E-state index in [2.05, 4.69) is 31.7 Å². The molecule has 0 aromatic heterocycles. The summed E-state index contributed by atoms with van der Waals surface area (Å²) < 4.78 is 5.71. The van der Waals surface area contributed by atoms with Gasteiger partial charge in [0.05, 0.1) is 11.6 Å². The van der Waals surface area contributed by atoms with Crippen LogP contribution in [-0.2, 0) is 6.54 Å². The highest BCUT2D eigenvalue weighted by Crippen LogP contribution is 2.26. The van der Waals surface area contributed by atoms with Gasteiger partial charge in [0.25, 0.3) is 0 Å². The maximum Gasteiger partial charge on any atom is 0.137 e. The van der Waals surface area contributed by atoms with E-state index in [1.54, 1.807) is 0 Å². The van der Waals surface area contributed by atoms with E-state index in [0.29, 0.717) is 0 Å². The molecule has 1 aromatic carbocycles. The molecule has 3 heteroatoms. The molecule has 0 fully saturated rings. The zero-order valence-corrected chi connectivity index (χ0v) is 13.2. The molecule has 0 saturated carbocycles. The molecular weight excluding hydrogens is 258 g/mol. The molecule has 2 nitrogen and oxygen atoms in total. The zero-order chi connectivity index (χ0) is 14.1. The average molecular weight is 284 g/mol. The number of hydrogen-bond acceptors (Lipinski definition) is 2. The number of unbranched alkanes of at least 4 members (excludes halogenated alkanes) is 2. The first kappa shape index (κ1) is 16.3. The lowest BCUT2D eigenvalue weighted by Gasteiger charge is -2.18. The largest absolute Gasteiger partial charge is 0.492 e. The minimum absolute atomic E-state index is 0.723. The summed E-state index contributed by atoms with van der Waals surface area (Å²) in [5.41, 5.74) is 1.25. The summed E-state index contributed by atoms with van der Waals surface area (Å²) in [4.78, 5) is 2.37. The summed E-state index contributed by atoms with van der Waals surface area (Å²) in [5, 5.41) is 0.723. The Balaban J connectivity index is 2.53. The van der Waals surface area contributed by atoms with Crippen LogP contribution < -0.4 is 4.74 Å². The van der Waals surface area contributed by atoms with Crippen molar-refractivity contribution >= 4 is 11.6 Å². The molecule has 1 aromatic rings. The van der Waals surface area contributed by atoms with E-state index in [1.807, 2.05) is 12.1 Å². The molecule has 0 unspecified atom stereocenters. The van der Waals surface area contributed by atoms with Crippen LogP contribution in [0.2, 0.25) is 5.02 Å². The minimum atomic E-state index is 0.723. The highest BCUT2D eigenvalue weighted by atomic mass is 35.5. The van der Waals surface area contributed by atoms with E-state index in [0.717, 1.165) is 43.4 Å². The van der Waals surface area contributed by atoms with Crippen LogP contribution in [0.1, 0.15) is 45.6 Å². The standard InChI is InChI=1S/C16H26ClNO/c1-4-7-8-11-19-16-10-9-14(12-15(16)17)13-18(5-2)6-3/h9-10,12H,4-8,11,13H2,1-3H3. The number of ether oxygens (including phenoxy) is 1. The van der Waals surface area contributed by atoms with Gasteiger partial charge in [-0.3, -0.25) is 4.90 Å². The summed E-state index contributed by atoms with van der Waals surface area (Å²) in [5.74, 6) is 0.807. The minimum Gasteiger partial charge on any atom is -0.492 e. The van der Waals surface area contributed by atoms with Crippen LogP contribution in [0.25, 0.3) is 0 Å². The number of halogens is 1. The highest BCUT2D eigenvalue weighted by molar-refractivity contribution is 6.32. The number of rotatable bonds is 9. The fourth-order valence-electron chi connectivity index (χ4n) is 2.00. The third-order valence-corrected chi connectivity index (χ3v) is 3.60. The third kappa shape index (κ3) is 5.84. The lowest BCUT2D eigenvalue weighted by Crippen LogP contribution is -2.22. The molecule has 0 aliphatic rings. The van der Waals surface area contributed by atoms with E-state index in [-0.39, 0.29) is 0 Å². The van der Waals surface area contributed by atoms with E-state index in [4.69, 9.17) is 16.3 Å². The quantitative estimate of drug-likeness (QED) is 0.606. The molecule has 0 saturated heterocycles. The van der Waals surface area contributed by atoms with Gasteiger partial charge in [0.1, 0.15) is 5.75 Å². The maximum atomic E-state index is 6.27. The average Bonchev–Trinajstić information content (AvgIpc) is 2.42. The van der Waals surface area contributed by atoms with E-state index in [9.17, 15) is 0 Å². The van der Waals surface area contributed by atoms with Crippen molar-refractivity contribution in [3.8, 4) is 5.75 Å². The topological polar surface area (TPSA) is 12.5 Å². The summed E-state index contributed by atoms with van der Waals surface area (Å²) >= 11 is 6.27. The van der Waals surface area contributed by atoms with Gasteiger partial charge in [0.15, 0.2) is 0 Å².